The SMILES string of the molecule is COc1cccc(NC(=O)CCC2CCN(C(=O)CCc3ccncc3)CC2)c1. The molecule has 6 heteroatoms. The summed E-state index contributed by atoms with van der Waals surface area (Å²) in [4.78, 5) is 30.6. The van der Waals surface area contributed by atoms with Crippen molar-refractivity contribution in [1.29, 1.82) is 0 Å². The summed E-state index contributed by atoms with van der Waals surface area (Å²) in [5.41, 5.74) is 1.90. The van der Waals surface area contributed by atoms with Gasteiger partial charge in [0.25, 0.3) is 0 Å². The number of rotatable bonds is 8. The number of carbonyl (C=O) groups is 2. The number of nitrogens with one attached hydrogen (secondary N) is 1. The Balaban J connectivity index is 1.35. The second-order valence-corrected chi connectivity index (χ2v) is 7.50. The van der Waals surface area contributed by atoms with Gasteiger partial charge in [-0.3, -0.25) is 14.6 Å². The van der Waals surface area contributed by atoms with Gasteiger partial charge in [0.2, 0.25) is 11.8 Å². The predicted molar refractivity (Wildman–Crippen MR) is 113 cm³/mol. The van der Waals surface area contributed by atoms with Gasteiger partial charge in [0.1, 0.15) is 5.75 Å². The molecule has 0 unspecified atom stereocenters. The van der Waals surface area contributed by atoms with Crippen molar-refractivity contribution in [2.24, 2.45) is 5.92 Å². The van der Waals surface area contributed by atoms with Crippen LogP contribution in [0.1, 0.15) is 37.7 Å². The Hall–Kier alpha value is -2.89. The molecule has 29 heavy (non-hydrogen) atoms. The number of carbonyl (C=O) groups excluding carboxylic acids is 2. The lowest BCUT2D eigenvalue weighted by molar-refractivity contribution is -0.132. The third-order valence-corrected chi connectivity index (χ3v) is 5.48. The summed E-state index contributed by atoms with van der Waals surface area (Å²) in [7, 11) is 1.61. The summed E-state index contributed by atoms with van der Waals surface area (Å²) >= 11 is 0. The highest BCUT2D eigenvalue weighted by molar-refractivity contribution is 5.90. The zero-order chi connectivity index (χ0) is 20.5. The smallest absolute Gasteiger partial charge is 0.224 e. The minimum absolute atomic E-state index is 0.0223. The molecule has 3 rings (SSSR count). The highest BCUT2D eigenvalue weighted by Crippen LogP contribution is 2.23. The van der Waals surface area contributed by atoms with Crippen LogP contribution >= 0.6 is 0 Å². The minimum atomic E-state index is 0.0223. The molecule has 0 spiro atoms. The second kappa shape index (κ2) is 10.6. The Bertz CT molecular complexity index is 802. The van der Waals surface area contributed by atoms with E-state index in [4.69, 9.17) is 4.74 Å². The first-order valence-electron chi connectivity index (χ1n) is 10.2. The van der Waals surface area contributed by atoms with Crippen molar-refractivity contribution in [3.8, 4) is 5.75 Å². The number of hydrogen-bond acceptors (Lipinski definition) is 4. The fourth-order valence-electron chi connectivity index (χ4n) is 3.69. The summed E-state index contributed by atoms with van der Waals surface area (Å²) in [5.74, 6) is 1.46. The molecule has 0 saturated carbocycles. The maximum Gasteiger partial charge on any atom is 0.224 e. The summed E-state index contributed by atoms with van der Waals surface area (Å²) in [6.07, 6.45) is 8.10. The van der Waals surface area contributed by atoms with Crippen molar-refractivity contribution >= 4 is 17.5 Å². The standard InChI is InChI=1S/C23H29N3O3/c1-29-21-4-2-3-20(17-21)25-22(27)7-5-19-11-15-26(16-12-19)23(28)8-6-18-9-13-24-14-10-18/h2-4,9-10,13-14,17,19H,5-8,11-12,15-16H2,1H3,(H,25,27). The monoisotopic (exact) mass is 395 g/mol. The van der Waals surface area contributed by atoms with Crippen LogP contribution in [0.25, 0.3) is 0 Å². The van der Waals surface area contributed by atoms with E-state index in [9.17, 15) is 9.59 Å². The van der Waals surface area contributed by atoms with Gasteiger partial charge in [-0.15, -0.1) is 0 Å². The molecular weight excluding hydrogens is 366 g/mol. The summed E-state index contributed by atoms with van der Waals surface area (Å²) < 4.78 is 5.18. The lowest BCUT2D eigenvalue weighted by Crippen LogP contribution is -2.38. The van der Waals surface area contributed by atoms with E-state index >= 15 is 0 Å². The fourth-order valence-corrected chi connectivity index (χ4v) is 3.69. The van der Waals surface area contributed by atoms with Gasteiger partial charge < -0.3 is 15.0 Å². The molecule has 1 aromatic heterocycles. The Morgan fingerprint density at radius 2 is 1.90 bits per heavy atom. The first-order valence-corrected chi connectivity index (χ1v) is 10.2. The maximum absolute atomic E-state index is 12.4. The number of piperidine rings is 1. The number of benzene rings is 1. The van der Waals surface area contributed by atoms with Crippen molar-refractivity contribution in [1.82, 2.24) is 9.88 Å². The largest absolute Gasteiger partial charge is 0.497 e. The van der Waals surface area contributed by atoms with Crippen molar-refractivity contribution < 1.29 is 14.3 Å². The molecule has 154 valence electrons. The number of anilines is 1. The van der Waals surface area contributed by atoms with Gasteiger partial charge in [0, 0.05) is 50.1 Å². The van der Waals surface area contributed by atoms with E-state index < -0.39 is 0 Å². The molecule has 1 saturated heterocycles. The molecule has 2 heterocycles. The highest BCUT2D eigenvalue weighted by atomic mass is 16.5. The van der Waals surface area contributed by atoms with Crippen LogP contribution in [0.5, 0.6) is 5.75 Å². The topological polar surface area (TPSA) is 71.5 Å². The molecule has 1 N–H and O–H groups in total. The van der Waals surface area contributed by atoms with Crippen LogP contribution in [0.2, 0.25) is 0 Å². The first-order chi connectivity index (χ1) is 14.1. The van der Waals surface area contributed by atoms with Crippen LogP contribution in [-0.2, 0) is 16.0 Å². The molecule has 2 amide bonds. The number of nitrogens with zero attached hydrogens (tertiary/aromatic N) is 2. The fraction of sp³-hybridized carbons (Fsp3) is 0.435. The van der Waals surface area contributed by atoms with Crippen molar-refractivity contribution in [2.75, 3.05) is 25.5 Å². The molecule has 1 aromatic carbocycles. The van der Waals surface area contributed by atoms with Gasteiger partial charge in [-0.2, -0.15) is 0 Å². The molecule has 1 fully saturated rings. The first kappa shape index (κ1) is 20.8. The van der Waals surface area contributed by atoms with Gasteiger partial charge in [0.15, 0.2) is 0 Å². The average Bonchev–Trinajstić information content (AvgIpc) is 2.77. The molecule has 0 aliphatic carbocycles. The molecule has 1 aliphatic heterocycles. The Morgan fingerprint density at radius 1 is 1.14 bits per heavy atom. The van der Waals surface area contributed by atoms with Gasteiger partial charge in [-0.1, -0.05) is 6.07 Å². The van der Waals surface area contributed by atoms with E-state index in [0.29, 0.717) is 18.8 Å². The Morgan fingerprint density at radius 3 is 2.62 bits per heavy atom. The highest BCUT2D eigenvalue weighted by Gasteiger charge is 2.23. The third-order valence-electron chi connectivity index (χ3n) is 5.48. The van der Waals surface area contributed by atoms with E-state index in [2.05, 4.69) is 10.3 Å². The molecule has 0 bridgehead atoms. The number of aromatic nitrogens is 1. The average molecular weight is 396 g/mol. The van der Waals surface area contributed by atoms with Crippen LogP contribution in [0.15, 0.2) is 48.8 Å². The van der Waals surface area contributed by atoms with Gasteiger partial charge in [-0.25, -0.2) is 0 Å². The zero-order valence-corrected chi connectivity index (χ0v) is 17.0. The minimum Gasteiger partial charge on any atom is -0.497 e. The molecular formula is C23H29N3O3. The lowest BCUT2D eigenvalue weighted by Gasteiger charge is -2.32. The number of hydrogen-bond donors (Lipinski definition) is 1. The molecule has 0 atom stereocenters. The van der Waals surface area contributed by atoms with Crippen LogP contribution in [0.3, 0.4) is 0 Å². The van der Waals surface area contributed by atoms with Crippen LogP contribution in [-0.4, -0.2) is 41.9 Å². The molecule has 0 radical (unpaired) electrons. The van der Waals surface area contributed by atoms with Crippen LogP contribution in [0, 0.1) is 5.92 Å². The predicted octanol–water partition coefficient (Wildman–Crippen LogP) is 3.68. The number of ether oxygens (including phenoxy) is 1. The second-order valence-electron chi connectivity index (χ2n) is 7.50. The van der Waals surface area contributed by atoms with Gasteiger partial charge in [-0.05, 0) is 61.4 Å². The van der Waals surface area contributed by atoms with Gasteiger partial charge >= 0.3 is 0 Å². The van der Waals surface area contributed by atoms with Crippen LogP contribution < -0.4 is 10.1 Å². The molecule has 1 aliphatic rings. The number of aryl methyl sites for hydroxylation is 1. The Labute approximate surface area is 172 Å². The Kier molecular flexibility index (Phi) is 7.61. The van der Waals surface area contributed by atoms with E-state index in [1.807, 2.05) is 41.3 Å². The van der Waals surface area contributed by atoms with Gasteiger partial charge in [0.05, 0.1) is 7.11 Å². The third kappa shape index (κ3) is 6.59. The van der Waals surface area contributed by atoms with E-state index in [1.165, 1.54) is 0 Å². The van der Waals surface area contributed by atoms with E-state index in [0.717, 1.165) is 55.8 Å². The lowest BCUT2D eigenvalue weighted by atomic mass is 9.91. The van der Waals surface area contributed by atoms with E-state index in [1.54, 1.807) is 19.5 Å². The normalized spacial score (nSPS) is 14.4. The zero-order valence-electron chi connectivity index (χ0n) is 17.0. The summed E-state index contributed by atoms with van der Waals surface area (Å²) in [6, 6.07) is 11.3. The number of likely N-dealkylation sites (tertiary alicyclic amines) is 1. The number of pyridine rings is 1. The maximum atomic E-state index is 12.4. The van der Waals surface area contributed by atoms with Crippen LogP contribution in [0.4, 0.5) is 5.69 Å². The quantitative estimate of drug-likeness (QED) is 0.740. The number of methoxy groups -OCH3 is 1. The van der Waals surface area contributed by atoms with Crippen molar-refractivity contribution in [3.63, 3.8) is 0 Å². The number of amides is 2. The van der Waals surface area contributed by atoms with Crippen molar-refractivity contribution in [3.05, 3.63) is 54.4 Å². The summed E-state index contributed by atoms with van der Waals surface area (Å²) in [6.45, 7) is 1.58. The molecule has 6 nitrogen and oxygen atoms in total. The van der Waals surface area contributed by atoms with E-state index in [-0.39, 0.29) is 11.8 Å². The van der Waals surface area contributed by atoms with Crippen molar-refractivity contribution in [2.45, 2.75) is 38.5 Å². The summed E-state index contributed by atoms with van der Waals surface area (Å²) in [5, 5.41) is 2.93. The molecule has 2 aromatic rings.